The van der Waals surface area contributed by atoms with Gasteiger partial charge in [0.1, 0.15) is 11.2 Å². The number of fused-ring (bicyclic) bond motifs is 13. The molecule has 0 amide bonds. The van der Waals surface area contributed by atoms with Gasteiger partial charge >= 0.3 is 0 Å². The molecule has 0 radical (unpaired) electrons. The Morgan fingerprint density at radius 3 is 1.74 bits per heavy atom. The number of hydrogen-bond acceptors (Lipinski definition) is 1. The molecule has 0 spiro atoms. The van der Waals surface area contributed by atoms with E-state index in [1.165, 1.54) is 66.0 Å². The molecule has 0 aliphatic heterocycles. The van der Waals surface area contributed by atoms with Gasteiger partial charge in [-0.05, 0) is 94.0 Å². The predicted molar refractivity (Wildman–Crippen MR) is 240 cm³/mol. The highest BCUT2D eigenvalue weighted by atomic mass is 16.3. The van der Waals surface area contributed by atoms with E-state index in [0.29, 0.717) is 0 Å². The van der Waals surface area contributed by atoms with Gasteiger partial charge in [-0.15, -0.1) is 0 Å². The molecule has 0 saturated heterocycles. The summed E-state index contributed by atoms with van der Waals surface area (Å²) < 4.78 is 11.4. The first-order valence-corrected chi connectivity index (χ1v) is 20.0. The largest absolute Gasteiger partial charge is 0.456 e. The topological polar surface area (TPSA) is 23.0 Å². The Morgan fingerprint density at radius 2 is 0.948 bits per heavy atom. The van der Waals surface area contributed by atoms with Crippen LogP contribution in [0.3, 0.4) is 0 Å². The fraction of sp³-hybridized carbons (Fsp3) is 0.0182. The second-order valence-electron chi connectivity index (χ2n) is 15.6. The average Bonchev–Trinajstić information content (AvgIpc) is 4.01. The summed E-state index contributed by atoms with van der Waals surface area (Å²) in [6.45, 7) is 0. The fourth-order valence-electron chi connectivity index (χ4n) is 10.5. The first-order chi connectivity index (χ1) is 28.8. The quantitative estimate of drug-likeness (QED) is 0.176. The van der Waals surface area contributed by atoms with E-state index in [4.69, 9.17) is 4.42 Å². The number of nitrogens with zero attached hydrogens (tertiary/aromatic N) is 2. The highest BCUT2D eigenvalue weighted by Gasteiger charge is 2.46. The zero-order valence-corrected chi connectivity index (χ0v) is 31.4. The van der Waals surface area contributed by atoms with Gasteiger partial charge in [0, 0.05) is 38.3 Å². The number of benzene rings is 9. The molecule has 0 unspecified atom stereocenters. The van der Waals surface area contributed by atoms with Gasteiger partial charge in [-0.2, -0.15) is 0 Å². The molecule has 13 rings (SSSR count). The Hall–Kier alpha value is -7.62. The summed E-state index contributed by atoms with van der Waals surface area (Å²) in [6, 6.07) is 75.6. The zero-order valence-electron chi connectivity index (χ0n) is 31.4. The zero-order chi connectivity index (χ0) is 38.0. The maximum Gasteiger partial charge on any atom is 0.137 e. The normalized spacial score (nSPS) is 13.3. The van der Waals surface area contributed by atoms with Crippen LogP contribution in [0.1, 0.15) is 22.3 Å². The van der Waals surface area contributed by atoms with Crippen molar-refractivity contribution in [3.05, 3.63) is 229 Å². The van der Waals surface area contributed by atoms with Crippen LogP contribution >= 0.6 is 0 Å². The number of para-hydroxylation sites is 3. The van der Waals surface area contributed by atoms with Gasteiger partial charge < -0.3 is 13.6 Å². The van der Waals surface area contributed by atoms with Crippen molar-refractivity contribution < 1.29 is 4.42 Å². The Morgan fingerprint density at radius 1 is 0.345 bits per heavy atom. The number of furan rings is 1. The van der Waals surface area contributed by atoms with E-state index in [1.54, 1.807) is 0 Å². The maximum atomic E-state index is 6.46. The van der Waals surface area contributed by atoms with E-state index in [0.717, 1.165) is 44.3 Å². The van der Waals surface area contributed by atoms with Gasteiger partial charge in [0.2, 0.25) is 0 Å². The number of rotatable bonds is 4. The molecule has 3 nitrogen and oxygen atoms in total. The Kier molecular flexibility index (Phi) is 6.37. The molecule has 270 valence electrons. The summed E-state index contributed by atoms with van der Waals surface area (Å²) in [5.74, 6) is 0. The third-order valence-corrected chi connectivity index (χ3v) is 12.8. The highest BCUT2D eigenvalue weighted by Crippen LogP contribution is 2.56. The Bertz CT molecular complexity index is 3580. The highest BCUT2D eigenvalue weighted by molar-refractivity contribution is 6.27. The lowest BCUT2D eigenvalue weighted by atomic mass is 9.67. The van der Waals surface area contributed by atoms with Crippen molar-refractivity contribution in [2.24, 2.45) is 0 Å². The van der Waals surface area contributed by atoms with Crippen LogP contribution in [-0.2, 0) is 5.41 Å². The summed E-state index contributed by atoms with van der Waals surface area (Å²) in [7, 11) is 0. The molecule has 1 aliphatic rings. The summed E-state index contributed by atoms with van der Waals surface area (Å²) >= 11 is 0. The smallest absolute Gasteiger partial charge is 0.137 e. The minimum atomic E-state index is -0.491. The average molecular weight is 739 g/mol. The Labute approximate surface area is 334 Å². The van der Waals surface area contributed by atoms with Crippen molar-refractivity contribution >= 4 is 65.6 Å². The van der Waals surface area contributed by atoms with Crippen LogP contribution < -0.4 is 0 Å². The van der Waals surface area contributed by atoms with Crippen molar-refractivity contribution in [1.82, 2.24) is 9.13 Å². The van der Waals surface area contributed by atoms with Crippen LogP contribution in [0.5, 0.6) is 0 Å². The van der Waals surface area contributed by atoms with E-state index < -0.39 is 5.41 Å². The fourth-order valence-corrected chi connectivity index (χ4v) is 10.5. The molecule has 3 heterocycles. The summed E-state index contributed by atoms with van der Waals surface area (Å²) in [5.41, 5.74) is 15.9. The summed E-state index contributed by atoms with van der Waals surface area (Å²) in [4.78, 5) is 0. The lowest BCUT2D eigenvalue weighted by Gasteiger charge is -2.34. The van der Waals surface area contributed by atoms with Gasteiger partial charge in [0.25, 0.3) is 0 Å². The molecule has 9 aromatic carbocycles. The van der Waals surface area contributed by atoms with Crippen LogP contribution in [0.25, 0.3) is 88.1 Å². The third-order valence-electron chi connectivity index (χ3n) is 12.8. The second kappa shape index (κ2) is 11.7. The number of hydrogen-bond donors (Lipinski definition) is 0. The van der Waals surface area contributed by atoms with E-state index >= 15 is 0 Å². The molecule has 1 aliphatic carbocycles. The Balaban J connectivity index is 1.14. The van der Waals surface area contributed by atoms with Gasteiger partial charge in [-0.1, -0.05) is 146 Å². The summed E-state index contributed by atoms with van der Waals surface area (Å²) in [5, 5.41) is 7.16. The molecule has 0 atom stereocenters. The van der Waals surface area contributed by atoms with Crippen molar-refractivity contribution in [3.63, 3.8) is 0 Å². The standard InChI is InChI=1S/C55H34N2O/c1-3-16-35(17-4-1)55(46-26-11-7-22-39(46)40-23-8-12-27-47(40)55)36-18-15-21-38(32-36)56-48-28-13-9-24-41(48)44-33-45-42-30-31-52-53(43-25-10-14-29-51(43)58-52)54(42)57(50(45)34-49(44)56)37-19-5-2-6-20-37/h1-34H. The van der Waals surface area contributed by atoms with E-state index in [9.17, 15) is 0 Å². The lowest BCUT2D eigenvalue weighted by molar-refractivity contribution is 0.669. The third kappa shape index (κ3) is 4.07. The van der Waals surface area contributed by atoms with Crippen LogP contribution in [0.2, 0.25) is 0 Å². The molecule has 3 aromatic heterocycles. The first-order valence-electron chi connectivity index (χ1n) is 20.0. The van der Waals surface area contributed by atoms with E-state index in [1.807, 2.05) is 6.07 Å². The van der Waals surface area contributed by atoms with Crippen molar-refractivity contribution in [3.8, 4) is 22.5 Å². The molecule has 0 fully saturated rings. The van der Waals surface area contributed by atoms with Gasteiger partial charge in [0.05, 0.1) is 32.9 Å². The van der Waals surface area contributed by atoms with Crippen molar-refractivity contribution in [2.45, 2.75) is 5.41 Å². The lowest BCUT2D eigenvalue weighted by Crippen LogP contribution is -2.28. The minimum absolute atomic E-state index is 0.491. The molecule has 0 N–H and O–H groups in total. The van der Waals surface area contributed by atoms with Crippen LogP contribution in [-0.4, -0.2) is 9.13 Å². The van der Waals surface area contributed by atoms with Crippen molar-refractivity contribution in [2.75, 3.05) is 0 Å². The number of aromatic nitrogens is 2. The molecule has 0 bridgehead atoms. The van der Waals surface area contributed by atoms with Gasteiger partial charge in [-0.3, -0.25) is 0 Å². The molecular formula is C55H34N2O. The summed E-state index contributed by atoms with van der Waals surface area (Å²) in [6.07, 6.45) is 0. The molecule has 58 heavy (non-hydrogen) atoms. The van der Waals surface area contributed by atoms with Crippen molar-refractivity contribution in [1.29, 1.82) is 0 Å². The monoisotopic (exact) mass is 738 g/mol. The first kappa shape index (κ1) is 31.6. The van der Waals surface area contributed by atoms with E-state index in [-0.39, 0.29) is 0 Å². The maximum absolute atomic E-state index is 6.46. The van der Waals surface area contributed by atoms with Crippen LogP contribution in [0.15, 0.2) is 211 Å². The van der Waals surface area contributed by atoms with Crippen LogP contribution in [0.4, 0.5) is 0 Å². The van der Waals surface area contributed by atoms with Gasteiger partial charge in [-0.25, -0.2) is 0 Å². The predicted octanol–water partition coefficient (Wildman–Crippen LogP) is 14.1. The van der Waals surface area contributed by atoms with Gasteiger partial charge in [0.15, 0.2) is 0 Å². The minimum Gasteiger partial charge on any atom is -0.456 e. The molecular weight excluding hydrogens is 705 g/mol. The molecule has 12 aromatic rings. The van der Waals surface area contributed by atoms with Crippen LogP contribution in [0, 0.1) is 0 Å². The second-order valence-corrected chi connectivity index (χ2v) is 15.6. The SMILES string of the molecule is c1ccc(-n2c3cc4c(cc3c3ccc5oc6ccccc6c5c32)c2ccccc2n4-c2cccc(C3(c4ccccc4)c4ccccc4-c4ccccc43)c2)cc1. The van der Waals surface area contributed by atoms with E-state index in [2.05, 4.69) is 209 Å². The molecule has 0 saturated carbocycles. The molecule has 3 heteroatoms.